The summed E-state index contributed by atoms with van der Waals surface area (Å²) in [4.78, 5) is 23.5. The van der Waals surface area contributed by atoms with E-state index in [4.69, 9.17) is 4.74 Å². The first-order valence-electron chi connectivity index (χ1n) is 4.96. The SMILES string of the molecule is CC(C)(C)OC(=O)N1C[C@@H](O)CC1C=O. The van der Waals surface area contributed by atoms with E-state index < -0.39 is 23.8 Å². The molecular weight excluding hydrogens is 198 g/mol. The zero-order valence-corrected chi connectivity index (χ0v) is 9.27. The summed E-state index contributed by atoms with van der Waals surface area (Å²) in [6.07, 6.45) is -0.216. The fraction of sp³-hybridized carbons (Fsp3) is 0.800. The van der Waals surface area contributed by atoms with Crippen molar-refractivity contribution in [1.29, 1.82) is 0 Å². The number of nitrogens with zero attached hydrogens (tertiary/aromatic N) is 1. The van der Waals surface area contributed by atoms with Gasteiger partial charge in [-0.3, -0.25) is 4.90 Å². The molecule has 0 spiro atoms. The number of hydrogen-bond acceptors (Lipinski definition) is 4. The van der Waals surface area contributed by atoms with E-state index in [1.54, 1.807) is 20.8 Å². The molecule has 1 N–H and O–H groups in total. The van der Waals surface area contributed by atoms with Crippen LogP contribution in [0.4, 0.5) is 4.79 Å². The second-order valence-corrected chi connectivity index (χ2v) is 4.73. The number of β-amino-alcohol motifs (C(OH)–C–C–N with tert-alkyl or cyclic N) is 1. The van der Waals surface area contributed by atoms with Gasteiger partial charge in [0.1, 0.15) is 11.9 Å². The van der Waals surface area contributed by atoms with Crippen LogP contribution in [0.25, 0.3) is 0 Å². The fourth-order valence-electron chi connectivity index (χ4n) is 1.50. The second kappa shape index (κ2) is 4.18. The van der Waals surface area contributed by atoms with Gasteiger partial charge in [0.15, 0.2) is 0 Å². The number of ether oxygens (including phenoxy) is 1. The molecule has 1 aliphatic rings. The highest BCUT2D eigenvalue weighted by Crippen LogP contribution is 2.19. The van der Waals surface area contributed by atoms with Gasteiger partial charge in [0, 0.05) is 6.42 Å². The zero-order valence-electron chi connectivity index (χ0n) is 9.27. The molecule has 1 amide bonds. The molecule has 0 bridgehead atoms. The third kappa shape index (κ3) is 3.20. The number of likely N-dealkylation sites (tertiary alicyclic amines) is 1. The third-order valence-electron chi connectivity index (χ3n) is 2.11. The molecule has 1 saturated heterocycles. The molecular formula is C10H17NO4. The maximum Gasteiger partial charge on any atom is 0.410 e. The lowest BCUT2D eigenvalue weighted by Crippen LogP contribution is -2.40. The first-order chi connectivity index (χ1) is 6.83. The van der Waals surface area contributed by atoms with Crippen molar-refractivity contribution < 1.29 is 19.4 Å². The van der Waals surface area contributed by atoms with Gasteiger partial charge in [-0.2, -0.15) is 0 Å². The topological polar surface area (TPSA) is 66.8 Å². The molecule has 1 aliphatic heterocycles. The number of aliphatic hydroxyl groups excluding tert-OH is 1. The van der Waals surface area contributed by atoms with Crippen LogP contribution in [-0.4, -0.2) is 46.7 Å². The van der Waals surface area contributed by atoms with Crippen molar-refractivity contribution in [1.82, 2.24) is 4.90 Å². The predicted octanol–water partition coefficient (Wildman–Crippen LogP) is 0.556. The minimum absolute atomic E-state index is 0.165. The second-order valence-electron chi connectivity index (χ2n) is 4.73. The van der Waals surface area contributed by atoms with E-state index in [1.165, 1.54) is 4.90 Å². The first-order valence-corrected chi connectivity index (χ1v) is 4.96. The van der Waals surface area contributed by atoms with Crippen LogP contribution >= 0.6 is 0 Å². The maximum atomic E-state index is 11.6. The quantitative estimate of drug-likeness (QED) is 0.649. The molecule has 0 saturated carbocycles. The van der Waals surface area contributed by atoms with Crippen LogP contribution in [0.1, 0.15) is 27.2 Å². The Morgan fingerprint density at radius 2 is 2.13 bits per heavy atom. The molecule has 0 aromatic carbocycles. The molecule has 1 unspecified atom stereocenters. The van der Waals surface area contributed by atoms with Crippen LogP contribution < -0.4 is 0 Å². The highest BCUT2D eigenvalue weighted by atomic mass is 16.6. The summed E-state index contributed by atoms with van der Waals surface area (Å²) in [5.41, 5.74) is -0.585. The predicted molar refractivity (Wildman–Crippen MR) is 53.4 cm³/mol. The summed E-state index contributed by atoms with van der Waals surface area (Å²) in [7, 11) is 0. The van der Waals surface area contributed by atoms with E-state index in [1.807, 2.05) is 0 Å². The smallest absolute Gasteiger partial charge is 0.410 e. The van der Waals surface area contributed by atoms with Gasteiger partial charge >= 0.3 is 6.09 Å². The van der Waals surface area contributed by atoms with Gasteiger partial charge in [-0.05, 0) is 20.8 Å². The molecule has 86 valence electrons. The van der Waals surface area contributed by atoms with Gasteiger partial charge in [-0.25, -0.2) is 4.79 Å². The summed E-state index contributed by atoms with van der Waals surface area (Å²) >= 11 is 0. The monoisotopic (exact) mass is 215 g/mol. The first kappa shape index (κ1) is 12.0. The van der Waals surface area contributed by atoms with Crippen LogP contribution in [-0.2, 0) is 9.53 Å². The van der Waals surface area contributed by atoms with E-state index in [-0.39, 0.29) is 6.54 Å². The van der Waals surface area contributed by atoms with E-state index in [9.17, 15) is 14.7 Å². The van der Waals surface area contributed by atoms with Gasteiger partial charge in [-0.1, -0.05) is 0 Å². The molecule has 1 rings (SSSR count). The van der Waals surface area contributed by atoms with Crippen LogP contribution in [0.15, 0.2) is 0 Å². The van der Waals surface area contributed by atoms with Crippen LogP contribution in [0.3, 0.4) is 0 Å². The highest BCUT2D eigenvalue weighted by molar-refractivity contribution is 5.74. The van der Waals surface area contributed by atoms with E-state index >= 15 is 0 Å². The Morgan fingerprint density at radius 1 is 1.53 bits per heavy atom. The molecule has 5 nitrogen and oxygen atoms in total. The van der Waals surface area contributed by atoms with Crippen LogP contribution in [0.5, 0.6) is 0 Å². The molecule has 0 aromatic heterocycles. The lowest BCUT2D eigenvalue weighted by molar-refractivity contribution is -0.111. The number of aliphatic hydroxyl groups is 1. The summed E-state index contributed by atoms with van der Waals surface area (Å²) in [5.74, 6) is 0. The summed E-state index contributed by atoms with van der Waals surface area (Å²) in [5, 5.41) is 9.34. The Morgan fingerprint density at radius 3 is 2.60 bits per heavy atom. The van der Waals surface area contributed by atoms with E-state index in [0.29, 0.717) is 12.7 Å². The molecule has 0 aromatic rings. The number of rotatable bonds is 1. The minimum atomic E-state index is -0.632. The fourth-order valence-corrected chi connectivity index (χ4v) is 1.50. The Hall–Kier alpha value is -1.10. The number of aldehydes is 1. The average Bonchev–Trinajstić information content (AvgIpc) is 2.43. The van der Waals surface area contributed by atoms with Crippen molar-refractivity contribution in [2.24, 2.45) is 0 Å². The number of amides is 1. The molecule has 0 aliphatic carbocycles. The Kier molecular flexibility index (Phi) is 3.34. The normalized spacial score (nSPS) is 26.5. The summed E-state index contributed by atoms with van der Waals surface area (Å²) in [6, 6.07) is -0.560. The van der Waals surface area contributed by atoms with Gasteiger partial charge < -0.3 is 14.6 Å². The molecule has 0 radical (unpaired) electrons. The van der Waals surface area contributed by atoms with Crippen LogP contribution in [0, 0.1) is 0 Å². The van der Waals surface area contributed by atoms with Crippen molar-refractivity contribution >= 4 is 12.4 Å². The molecule has 5 heteroatoms. The Labute approximate surface area is 89.0 Å². The van der Waals surface area contributed by atoms with Gasteiger partial charge in [0.25, 0.3) is 0 Å². The van der Waals surface area contributed by atoms with Crippen molar-refractivity contribution in [3.8, 4) is 0 Å². The van der Waals surface area contributed by atoms with E-state index in [2.05, 4.69) is 0 Å². The standard InChI is InChI=1S/C10H17NO4/c1-10(2,3)15-9(14)11-5-8(13)4-7(11)6-12/h6-8,13H,4-5H2,1-3H3/t7?,8-/m0/s1. The number of carbonyl (C=O) groups excluding carboxylic acids is 2. The van der Waals surface area contributed by atoms with Gasteiger partial charge in [0.05, 0.1) is 18.7 Å². The minimum Gasteiger partial charge on any atom is -0.444 e. The van der Waals surface area contributed by atoms with Crippen molar-refractivity contribution in [3.63, 3.8) is 0 Å². The zero-order chi connectivity index (χ0) is 11.6. The Balaban J connectivity index is 2.63. The van der Waals surface area contributed by atoms with Crippen LogP contribution in [0.2, 0.25) is 0 Å². The highest BCUT2D eigenvalue weighted by Gasteiger charge is 2.36. The molecule has 1 heterocycles. The molecule has 2 atom stereocenters. The lowest BCUT2D eigenvalue weighted by Gasteiger charge is -2.26. The maximum absolute atomic E-state index is 11.6. The van der Waals surface area contributed by atoms with Gasteiger partial charge in [-0.15, -0.1) is 0 Å². The van der Waals surface area contributed by atoms with Crippen molar-refractivity contribution in [2.75, 3.05) is 6.54 Å². The van der Waals surface area contributed by atoms with E-state index in [0.717, 1.165) is 0 Å². The third-order valence-corrected chi connectivity index (χ3v) is 2.11. The number of hydrogen-bond donors (Lipinski definition) is 1. The number of carbonyl (C=O) groups is 2. The Bertz CT molecular complexity index is 259. The summed E-state index contributed by atoms with van der Waals surface area (Å²) < 4.78 is 5.12. The molecule has 1 fully saturated rings. The molecule has 15 heavy (non-hydrogen) atoms. The largest absolute Gasteiger partial charge is 0.444 e. The van der Waals surface area contributed by atoms with Crippen molar-refractivity contribution in [2.45, 2.75) is 44.9 Å². The lowest BCUT2D eigenvalue weighted by atomic mass is 10.2. The van der Waals surface area contributed by atoms with Crippen molar-refractivity contribution in [3.05, 3.63) is 0 Å². The van der Waals surface area contributed by atoms with Gasteiger partial charge in [0.2, 0.25) is 0 Å². The summed E-state index contributed by atoms with van der Waals surface area (Å²) in [6.45, 7) is 5.44. The average molecular weight is 215 g/mol.